The monoisotopic (exact) mass is 411 g/mol. The van der Waals surface area contributed by atoms with E-state index in [4.69, 9.17) is 4.74 Å². The third kappa shape index (κ3) is 3.44. The molecule has 30 heavy (non-hydrogen) atoms. The quantitative estimate of drug-likeness (QED) is 0.791. The van der Waals surface area contributed by atoms with Crippen molar-refractivity contribution in [3.05, 3.63) is 29.3 Å². The van der Waals surface area contributed by atoms with Crippen molar-refractivity contribution in [3.8, 4) is 5.75 Å². The van der Waals surface area contributed by atoms with E-state index in [1.54, 1.807) is 4.90 Å². The number of hydrogen-bond donors (Lipinski definition) is 2. The lowest BCUT2D eigenvalue weighted by molar-refractivity contribution is -0.917. The number of amides is 1. The fourth-order valence-corrected chi connectivity index (χ4v) is 7.93. The number of benzene rings is 1. The molecule has 6 aliphatic rings. The first-order valence-electron chi connectivity index (χ1n) is 12.1. The summed E-state index contributed by atoms with van der Waals surface area (Å²) in [7, 11) is 0. The van der Waals surface area contributed by atoms with Gasteiger partial charge in [-0.25, -0.2) is 0 Å². The van der Waals surface area contributed by atoms with Crippen molar-refractivity contribution in [2.24, 2.45) is 17.3 Å². The highest BCUT2D eigenvalue weighted by Gasteiger charge is 2.57. The van der Waals surface area contributed by atoms with Crippen LogP contribution < -0.4 is 9.64 Å². The maximum atomic E-state index is 13.2. The van der Waals surface area contributed by atoms with Crippen LogP contribution in [0.25, 0.3) is 0 Å². The van der Waals surface area contributed by atoms with Crippen LogP contribution in [0.1, 0.15) is 56.1 Å². The Hall–Kier alpha value is -1.59. The molecule has 162 valence electrons. The summed E-state index contributed by atoms with van der Waals surface area (Å²) in [5.74, 6) is 2.71. The van der Waals surface area contributed by atoms with E-state index in [9.17, 15) is 9.90 Å². The van der Waals surface area contributed by atoms with Gasteiger partial charge in [-0.2, -0.15) is 0 Å². The van der Waals surface area contributed by atoms with Crippen LogP contribution in [-0.4, -0.2) is 54.3 Å². The zero-order chi connectivity index (χ0) is 20.3. The molecule has 1 aromatic rings. The fraction of sp³-hybridized carbons (Fsp3) is 0.720. The number of carbonyl (C=O) groups excluding carboxylic acids is 1. The highest BCUT2D eigenvalue weighted by atomic mass is 16.5. The lowest BCUT2D eigenvalue weighted by atomic mass is 9.47. The predicted molar refractivity (Wildman–Crippen MR) is 113 cm³/mol. The Balaban J connectivity index is 1.04. The first kappa shape index (κ1) is 19.1. The van der Waals surface area contributed by atoms with Gasteiger partial charge in [-0.3, -0.25) is 4.79 Å². The lowest BCUT2D eigenvalue weighted by Crippen LogP contribution is -3.13. The lowest BCUT2D eigenvalue weighted by Gasteiger charge is -2.60. The fourth-order valence-electron chi connectivity index (χ4n) is 7.93. The first-order chi connectivity index (χ1) is 14.5. The number of ether oxygens (including phenoxy) is 1. The molecule has 4 bridgehead atoms. The number of hydrogen-bond acceptors (Lipinski definition) is 3. The minimum atomic E-state index is -0.464. The number of piperazine rings is 1. The Bertz CT molecular complexity index is 831. The van der Waals surface area contributed by atoms with Crippen LogP contribution >= 0.6 is 0 Å². The summed E-state index contributed by atoms with van der Waals surface area (Å²) < 4.78 is 5.62. The molecule has 1 saturated heterocycles. The van der Waals surface area contributed by atoms with E-state index in [0.717, 1.165) is 70.8 Å². The molecule has 2 heterocycles. The molecular weight excluding hydrogens is 376 g/mol. The van der Waals surface area contributed by atoms with E-state index in [1.807, 2.05) is 0 Å². The highest BCUT2D eigenvalue weighted by molar-refractivity contribution is 5.77. The second-order valence-electron chi connectivity index (χ2n) is 11.2. The van der Waals surface area contributed by atoms with Crippen LogP contribution in [0.15, 0.2) is 18.2 Å². The van der Waals surface area contributed by atoms with Crippen LogP contribution in [0.4, 0.5) is 0 Å². The summed E-state index contributed by atoms with van der Waals surface area (Å²) in [5, 5.41) is 11.0. The van der Waals surface area contributed by atoms with E-state index in [-0.39, 0.29) is 5.41 Å². The van der Waals surface area contributed by atoms with Gasteiger partial charge in [-0.05, 0) is 79.5 Å². The predicted octanol–water partition coefficient (Wildman–Crippen LogP) is 1.57. The Kier molecular flexibility index (Phi) is 4.44. The van der Waals surface area contributed by atoms with E-state index >= 15 is 0 Å². The summed E-state index contributed by atoms with van der Waals surface area (Å²) in [6.45, 7) is 5.65. The standard InChI is InChI=1S/C25H34N2O3/c28-23(15-24-11-19-9-20(12-24)14-25(29,13-19)17-24)27-6-4-26(5-7-27)16-18-1-2-22-21(10-18)3-8-30-22/h1-2,10,19-20,29H,3-9,11-17H2/p+1/t19-,20+,24?,25?. The molecule has 4 aliphatic carbocycles. The van der Waals surface area contributed by atoms with Gasteiger partial charge >= 0.3 is 0 Å². The Morgan fingerprint density at radius 3 is 2.67 bits per heavy atom. The van der Waals surface area contributed by atoms with Gasteiger partial charge in [-0.15, -0.1) is 0 Å². The summed E-state index contributed by atoms with van der Waals surface area (Å²) in [5.41, 5.74) is 2.36. The molecule has 4 atom stereocenters. The summed E-state index contributed by atoms with van der Waals surface area (Å²) in [4.78, 5) is 16.9. The smallest absolute Gasteiger partial charge is 0.223 e. The zero-order valence-electron chi connectivity index (χ0n) is 18.0. The van der Waals surface area contributed by atoms with Gasteiger partial charge < -0.3 is 19.6 Å². The molecule has 5 fully saturated rings. The molecular formula is C25H35N2O3+. The molecule has 2 N–H and O–H groups in total. The molecule has 0 spiro atoms. The normalized spacial score (nSPS) is 37.3. The van der Waals surface area contributed by atoms with Crippen LogP contribution in [-0.2, 0) is 17.8 Å². The van der Waals surface area contributed by atoms with Crippen LogP contribution in [0.3, 0.4) is 0 Å². The Morgan fingerprint density at radius 1 is 1.17 bits per heavy atom. The second kappa shape index (κ2) is 6.96. The van der Waals surface area contributed by atoms with Gasteiger partial charge in [0.25, 0.3) is 0 Å². The molecule has 4 saturated carbocycles. The van der Waals surface area contributed by atoms with E-state index < -0.39 is 5.60 Å². The summed E-state index contributed by atoms with van der Waals surface area (Å²) in [6.07, 6.45) is 8.16. The maximum absolute atomic E-state index is 13.2. The van der Waals surface area contributed by atoms with Gasteiger partial charge in [0.15, 0.2) is 0 Å². The van der Waals surface area contributed by atoms with Crippen molar-refractivity contribution in [2.45, 2.75) is 63.5 Å². The molecule has 5 nitrogen and oxygen atoms in total. The summed E-state index contributed by atoms with van der Waals surface area (Å²) >= 11 is 0. The molecule has 5 heteroatoms. The van der Waals surface area contributed by atoms with Crippen LogP contribution in [0.2, 0.25) is 0 Å². The number of nitrogens with one attached hydrogen (secondary N) is 1. The minimum Gasteiger partial charge on any atom is -0.493 e. The van der Waals surface area contributed by atoms with Crippen molar-refractivity contribution < 1.29 is 19.5 Å². The number of rotatable bonds is 4. The average molecular weight is 412 g/mol. The molecule has 7 rings (SSSR count). The van der Waals surface area contributed by atoms with Crippen molar-refractivity contribution in [1.29, 1.82) is 0 Å². The number of aliphatic hydroxyl groups is 1. The first-order valence-corrected chi connectivity index (χ1v) is 12.1. The third-order valence-corrected chi connectivity index (χ3v) is 8.71. The number of fused-ring (bicyclic) bond motifs is 1. The maximum Gasteiger partial charge on any atom is 0.223 e. The largest absolute Gasteiger partial charge is 0.493 e. The van der Waals surface area contributed by atoms with Crippen molar-refractivity contribution in [2.75, 3.05) is 32.8 Å². The van der Waals surface area contributed by atoms with E-state index in [0.29, 0.717) is 24.2 Å². The molecule has 0 radical (unpaired) electrons. The Morgan fingerprint density at radius 2 is 1.93 bits per heavy atom. The van der Waals surface area contributed by atoms with E-state index in [2.05, 4.69) is 23.1 Å². The summed E-state index contributed by atoms with van der Waals surface area (Å²) in [6, 6.07) is 6.63. The van der Waals surface area contributed by atoms with Crippen molar-refractivity contribution in [1.82, 2.24) is 4.90 Å². The number of quaternary nitrogens is 1. The van der Waals surface area contributed by atoms with Gasteiger partial charge in [-0.1, -0.05) is 0 Å². The number of nitrogens with zero attached hydrogens (tertiary/aromatic N) is 1. The molecule has 0 aromatic heterocycles. The second-order valence-corrected chi connectivity index (χ2v) is 11.2. The van der Waals surface area contributed by atoms with Crippen molar-refractivity contribution in [3.63, 3.8) is 0 Å². The van der Waals surface area contributed by atoms with Gasteiger partial charge in [0.1, 0.15) is 12.3 Å². The highest BCUT2D eigenvalue weighted by Crippen LogP contribution is 2.62. The number of carbonyl (C=O) groups is 1. The minimum absolute atomic E-state index is 0.0897. The van der Waals surface area contributed by atoms with Crippen LogP contribution in [0.5, 0.6) is 5.75 Å². The zero-order valence-corrected chi connectivity index (χ0v) is 18.0. The van der Waals surface area contributed by atoms with Gasteiger partial charge in [0.05, 0.1) is 38.4 Å². The third-order valence-electron chi connectivity index (χ3n) is 8.71. The molecule has 1 aromatic carbocycles. The van der Waals surface area contributed by atoms with Crippen molar-refractivity contribution >= 4 is 5.91 Å². The van der Waals surface area contributed by atoms with Gasteiger partial charge in [0, 0.05) is 18.4 Å². The topological polar surface area (TPSA) is 54.2 Å². The van der Waals surface area contributed by atoms with E-state index in [1.165, 1.54) is 30.4 Å². The molecule has 2 aliphatic heterocycles. The SMILES string of the molecule is O=C(CC12C[C@@H]3C[C@@H](CC(O)(C3)C1)C2)N1CC[NH+](Cc2ccc3c(c2)CCO3)CC1. The molecule has 1 amide bonds. The Labute approximate surface area is 179 Å². The average Bonchev–Trinajstić information content (AvgIpc) is 3.14. The van der Waals surface area contributed by atoms with Crippen LogP contribution in [0, 0.1) is 17.3 Å². The van der Waals surface area contributed by atoms with Gasteiger partial charge in [0.2, 0.25) is 5.91 Å². The molecule has 2 unspecified atom stereocenters.